The first-order valence-electron chi connectivity index (χ1n) is 16.5. The van der Waals surface area contributed by atoms with Gasteiger partial charge in [-0.3, -0.25) is 14.6 Å². The molecule has 3 amide bonds. The number of nitrogens with one attached hydrogen (secondary N) is 3. The molecule has 13 nitrogen and oxygen atoms in total. The zero-order valence-electron chi connectivity index (χ0n) is 29.2. The first-order chi connectivity index (χ1) is 24.4. The summed E-state index contributed by atoms with van der Waals surface area (Å²) < 4.78 is 11.4. The number of aliphatic hydroxyl groups excluding tert-OH is 1. The topological polar surface area (TPSA) is 168 Å². The number of rotatable bonds is 13. The Morgan fingerprint density at radius 1 is 1.16 bits per heavy atom. The number of anilines is 1. The van der Waals surface area contributed by atoms with E-state index < -0.39 is 11.7 Å². The molecule has 0 saturated carbocycles. The summed E-state index contributed by atoms with van der Waals surface area (Å²) in [5.74, 6) is -0.0701. The number of ether oxygens (including phenoxy) is 2. The molecule has 3 aromatic heterocycles. The number of hydrogen-bond donors (Lipinski definition) is 4. The van der Waals surface area contributed by atoms with E-state index in [1.807, 2.05) is 30.5 Å². The number of nitrogens with zero attached hydrogens (tertiary/aromatic N) is 4. The van der Waals surface area contributed by atoms with Crippen LogP contribution >= 0.6 is 22.9 Å². The van der Waals surface area contributed by atoms with Crippen molar-refractivity contribution in [2.24, 2.45) is 0 Å². The van der Waals surface area contributed by atoms with Crippen molar-refractivity contribution >= 4 is 46.5 Å². The lowest BCUT2D eigenvalue weighted by Gasteiger charge is -2.29. The van der Waals surface area contributed by atoms with Crippen LogP contribution in [0, 0.1) is 6.92 Å². The zero-order chi connectivity index (χ0) is 36.7. The van der Waals surface area contributed by atoms with E-state index in [9.17, 15) is 14.4 Å². The Labute approximate surface area is 305 Å². The first-order valence-corrected chi connectivity index (χ1v) is 17.8. The summed E-state index contributed by atoms with van der Waals surface area (Å²) in [6, 6.07) is 10.7. The number of carbonyl (C=O) groups excluding carboxylic acids is 3. The molecule has 1 aliphatic heterocycles. The first kappa shape index (κ1) is 37.6. The Hall–Kier alpha value is -4.63. The van der Waals surface area contributed by atoms with Crippen molar-refractivity contribution in [3.8, 4) is 28.4 Å². The molecule has 1 fully saturated rings. The van der Waals surface area contributed by atoms with Gasteiger partial charge < -0.3 is 35.4 Å². The molecule has 1 saturated heterocycles. The summed E-state index contributed by atoms with van der Waals surface area (Å²) >= 11 is 8.27. The van der Waals surface area contributed by atoms with E-state index in [4.69, 9.17) is 31.2 Å². The number of aliphatic hydroxyl groups is 1. The van der Waals surface area contributed by atoms with Crippen LogP contribution in [0.5, 0.6) is 5.88 Å². The molecule has 0 spiro atoms. The van der Waals surface area contributed by atoms with Crippen molar-refractivity contribution in [1.82, 2.24) is 30.5 Å². The lowest BCUT2D eigenvalue weighted by atomic mass is 10.0. The summed E-state index contributed by atoms with van der Waals surface area (Å²) in [5.41, 5.74) is 4.40. The predicted octanol–water partition coefficient (Wildman–Crippen LogP) is 5.59. The lowest BCUT2D eigenvalue weighted by Crippen LogP contribution is -2.43. The minimum absolute atomic E-state index is 0.0200. The number of halogens is 1. The van der Waals surface area contributed by atoms with E-state index in [0.717, 1.165) is 16.8 Å². The Bertz CT molecular complexity index is 1900. The second-order valence-electron chi connectivity index (χ2n) is 13.0. The smallest absolute Gasteiger partial charge is 0.410 e. The van der Waals surface area contributed by atoms with Gasteiger partial charge in [0.05, 0.1) is 42.4 Å². The van der Waals surface area contributed by atoms with Crippen LogP contribution in [0.4, 0.5) is 10.5 Å². The highest BCUT2D eigenvalue weighted by Gasteiger charge is 2.29. The molecule has 4 heterocycles. The van der Waals surface area contributed by atoms with E-state index >= 15 is 0 Å². The maximum atomic E-state index is 13.2. The highest BCUT2D eigenvalue weighted by molar-refractivity contribution is 7.11. The minimum atomic E-state index is -0.704. The van der Waals surface area contributed by atoms with E-state index in [1.165, 1.54) is 18.4 Å². The molecule has 5 rings (SSSR count). The number of methoxy groups -OCH3 is 1. The van der Waals surface area contributed by atoms with E-state index in [-0.39, 0.29) is 37.6 Å². The van der Waals surface area contributed by atoms with Crippen LogP contribution < -0.4 is 20.7 Å². The molecule has 0 aliphatic carbocycles. The Morgan fingerprint density at radius 2 is 1.96 bits per heavy atom. The van der Waals surface area contributed by atoms with Gasteiger partial charge in [0.25, 0.3) is 5.91 Å². The monoisotopic (exact) mass is 735 g/mol. The lowest BCUT2D eigenvalue weighted by molar-refractivity contribution is -0.119. The number of pyridine rings is 2. The molecule has 15 heteroatoms. The van der Waals surface area contributed by atoms with Crippen LogP contribution in [0.15, 0.2) is 48.0 Å². The molecule has 1 aromatic carbocycles. The van der Waals surface area contributed by atoms with E-state index in [1.54, 1.807) is 50.1 Å². The third-order valence-electron chi connectivity index (χ3n) is 8.01. The van der Waals surface area contributed by atoms with Crippen LogP contribution in [-0.2, 0) is 22.6 Å². The molecule has 51 heavy (non-hydrogen) atoms. The normalized spacial score (nSPS) is 14.3. The quantitative estimate of drug-likeness (QED) is 0.127. The summed E-state index contributed by atoms with van der Waals surface area (Å²) in [4.78, 5) is 53.5. The van der Waals surface area contributed by atoms with Gasteiger partial charge in [-0.1, -0.05) is 23.7 Å². The van der Waals surface area contributed by atoms with Gasteiger partial charge in [-0.2, -0.15) is 0 Å². The van der Waals surface area contributed by atoms with Gasteiger partial charge in [-0.15, -0.1) is 11.3 Å². The molecule has 4 N–H and O–H groups in total. The third kappa shape index (κ3) is 9.58. The summed E-state index contributed by atoms with van der Waals surface area (Å²) in [6.07, 6.45) is 2.18. The molecule has 270 valence electrons. The number of hydrogen-bond acceptors (Lipinski definition) is 11. The van der Waals surface area contributed by atoms with Crippen molar-refractivity contribution in [1.29, 1.82) is 0 Å². The Kier molecular flexibility index (Phi) is 12.2. The second-order valence-corrected chi connectivity index (χ2v) is 14.3. The SMILES string of the molecule is COc1nc(-c2ccnc(-c3cccc(NC(=O)c4nc(CNCCO)cs4)c3C)c2Cl)ccc1CN(C[C@@H]1CCC(=O)N1)C(=O)OC(C)(C)C. The van der Waals surface area contributed by atoms with Crippen molar-refractivity contribution in [3.05, 3.63) is 74.8 Å². The van der Waals surface area contributed by atoms with E-state index in [0.29, 0.717) is 70.0 Å². The van der Waals surface area contributed by atoms with Crippen LogP contribution in [0.1, 0.15) is 60.2 Å². The van der Waals surface area contributed by atoms with Gasteiger partial charge in [0.2, 0.25) is 11.8 Å². The number of benzene rings is 1. The average molecular weight is 736 g/mol. The Morgan fingerprint density at radius 3 is 2.67 bits per heavy atom. The van der Waals surface area contributed by atoms with Crippen LogP contribution in [0.2, 0.25) is 5.02 Å². The molecule has 1 aliphatic rings. The highest BCUT2D eigenvalue weighted by Crippen LogP contribution is 2.38. The summed E-state index contributed by atoms with van der Waals surface area (Å²) in [7, 11) is 1.51. The summed E-state index contributed by atoms with van der Waals surface area (Å²) in [6.45, 7) is 8.62. The van der Waals surface area contributed by atoms with Gasteiger partial charge in [0.1, 0.15) is 5.60 Å². The highest BCUT2D eigenvalue weighted by atomic mass is 35.5. The van der Waals surface area contributed by atoms with Crippen LogP contribution in [0.25, 0.3) is 22.5 Å². The summed E-state index contributed by atoms with van der Waals surface area (Å²) in [5, 5.41) is 20.4. The standard InChI is InChI=1S/C36H42ClN7O6S/c1-21-25(7-6-8-27(21)42-32(47)34-41-24(20-51-34)17-38-15-16-45)31-30(37)26(13-14-39-31)28-11-9-22(33(43-28)49-5)18-44(35(48)50-36(2,3)4)19-23-10-12-29(46)40-23/h6-9,11,13-14,20,23,38,45H,10,12,15-19H2,1-5H3,(H,40,46)(H,42,47)/t23-/m0/s1. The third-order valence-corrected chi connectivity index (χ3v) is 9.29. The molecule has 4 aromatic rings. The predicted molar refractivity (Wildman–Crippen MR) is 196 cm³/mol. The molecular weight excluding hydrogens is 694 g/mol. The molecule has 0 bridgehead atoms. The average Bonchev–Trinajstić information content (AvgIpc) is 3.74. The van der Waals surface area contributed by atoms with Crippen molar-refractivity contribution in [3.63, 3.8) is 0 Å². The Balaban J connectivity index is 1.38. The fraction of sp³-hybridized carbons (Fsp3) is 0.389. The zero-order valence-corrected chi connectivity index (χ0v) is 30.8. The van der Waals surface area contributed by atoms with Crippen molar-refractivity contribution in [2.75, 3.05) is 32.1 Å². The van der Waals surface area contributed by atoms with Gasteiger partial charge in [0.15, 0.2) is 5.01 Å². The maximum absolute atomic E-state index is 13.2. The van der Waals surface area contributed by atoms with Gasteiger partial charge >= 0.3 is 6.09 Å². The van der Waals surface area contributed by atoms with Gasteiger partial charge in [0, 0.05) is 66.1 Å². The number of carbonyl (C=O) groups is 3. The maximum Gasteiger partial charge on any atom is 0.410 e. The molecule has 0 radical (unpaired) electrons. The number of thiazole rings is 1. The van der Waals surface area contributed by atoms with Crippen LogP contribution in [0.3, 0.4) is 0 Å². The molecule has 1 atom stereocenters. The fourth-order valence-electron chi connectivity index (χ4n) is 5.55. The molecule has 0 unspecified atom stereocenters. The largest absolute Gasteiger partial charge is 0.481 e. The van der Waals surface area contributed by atoms with Crippen molar-refractivity contribution in [2.45, 2.75) is 65.3 Å². The number of aromatic nitrogens is 3. The minimum Gasteiger partial charge on any atom is -0.481 e. The molecular formula is C36H42ClN7O6S. The van der Waals surface area contributed by atoms with Gasteiger partial charge in [-0.25, -0.2) is 14.8 Å². The fourth-order valence-corrected chi connectivity index (χ4v) is 6.58. The van der Waals surface area contributed by atoms with Crippen LogP contribution in [-0.4, -0.2) is 81.3 Å². The van der Waals surface area contributed by atoms with Crippen molar-refractivity contribution < 1.29 is 29.0 Å². The van der Waals surface area contributed by atoms with E-state index in [2.05, 4.69) is 25.9 Å². The van der Waals surface area contributed by atoms with Gasteiger partial charge in [-0.05, 0) is 63.9 Å². The number of amides is 3. The second kappa shape index (κ2) is 16.6.